The van der Waals surface area contributed by atoms with E-state index >= 15 is 0 Å². The molecular weight excluding hydrogens is 737 g/mol. The van der Waals surface area contributed by atoms with E-state index in [0.29, 0.717) is 61.5 Å². The van der Waals surface area contributed by atoms with Crippen LogP contribution in [0.4, 0.5) is 21.0 Å². The zero-order valence-electron chi connectivity index (χ0n) is 32.7. The van der Waals surface area contributed by atoms with Crippen molar-refractivity contribution in [2.75, 3.05) is 49.9 Å². The first kappa shape index (κ1) is 40.9. The van der Waals surface area contributed by atoms with E-state index in [4.69, 9.17) is 0 Å². The molecule has 6 N–H and O–H groups in total. The normalized spacial score (nSPS) is 17.1. The SMILES string of the molecule is CCNC(=O)N[C@H](C(=O)N1CC[C@H](C(=O)Nc2ccc(-c3ccc(NC(=O)[C@@H]4CCN(C(=O)[C@H](NC(=O)NCC)c5ccccc5)C4)cc3)cc2)C1)c1ccccc1. The fourth-order valence-electron chi connectivity index (χ4n) is 7.25. The van der Waals surface area contributed by atoms with Crippen LogP contribution < -0.4 is 31.9 Å². The van der Waals surface area contributed by atoms with Crippen LogP contribution in [0, 0.1) is 11.8 Å². The molecule has 4 aromatic rings. The summed E-state index contributed by atoms with van der Waals surface area (Å²) in [5.41, 5.74) is 4.42. The second kappa shape index (κ2) is 19.4. The van der Waals surface area contributed by atoms with E-state index in [2.05, 4.69) is 31.9 Å². The van der Waals surface area contributed by atoms with Crippen molar-refractivity contribution in [2.45, 2.75) is 38.8 Å². The monoisotopic (exact) mass is 786 g/mol. The lowest BCUT2D eigenvalue weighted by molar-refractivity contribution is -0.133. The van der Waals surface area contributed by atoms with Crippen molar-refractivity contribution in [3.63, 3.8) is 0 Å². The molecule has 2 saturated heterocycles. The molecule has 2 fully saturated rings. The minimum Gasteiger partial charge on any atom is -0.340 e. The molecule has 2 aliphatic heterocycles. The predicted molar refractivity (Wildman–Crippen MR) is 221 cm³/mol. The van der Waals surface area contributed by atoms with E-state index in [1.807, 2.05) is 84.9 Å². The number of amides is 8. The molecule has 0 saturated carbocycles. The van der Waals surface area contributed by atoms with E-state index in [-0.39, 0.29) is 36.7 Å². The Morgan fingerprint density at radius 3 is 1.24 bits per heavy atom. The number of nitrogens with one attached hydrogen (secondary N) is 6. The summed E-state index contributed by atoms with van der Waals surface area (Å²) >= 11 is 0. The molecule has 2 heterocycles. The quantitative estimate of drug-likeness (QED) is 0.110. The average molecular weight is 787 g/mol. The molecule has 6 rings (SSSR count). The third-order valence-electron chi connectivity index (χ3n) is 10.4. The molecule has 14 nitrogen and oxygen atoms in total. The van der Waals surface area contributed by atoms with E-state index in [1.54, 1.807) is 47.9 Å². The maximum atomic E-state index is 13.6. The van der Waals surface area contributed by atoms with Crippen LogP contribution in [0.3, 0.4) is 0 Å². The second-order valence-electron chi connectivity index (χ2n) is 14.4. The van der Waals surface area contributed by atoms with E-state index in [1.165, 1.54) is 0 Å². The van der Waals surface area contributed by atoms with Crippen LogP contribution in [-0.2, 0) is 19.2 Å². The lowest BCUT2D eigenvalue weighted by Gasteiger charge is -2.25. The zero-order chi connectivity index (χ0) is 41.0. The summed E-state index contributed by atoms with van der Waals surface area (Å²) in [5, 5.41) is 16.8. The molecule has 0 bridgehead atoms. The van der Waals surface area contributed by atoms with Crippen molar-refractivity contribution in [3.05, 3.63) is 120 Å². The Labute approximate surface area is 338 Å². The first-order chi connectivity index (χ1) is 28.1. The third kappa shape index (κ3) is 10.4. The largest absolute Gasteiger partial charge is 0.340 e. The Balaban J connectivity index is 0.990. The number of carbonyl (C=O) groups is 6. The lowest BCUT2D eigenvalue weighted by atomic mass is 10.0. The fraction of sp³-hybridized carbons (Fsp3) is 0.318. The number of hydrogen-bond acceptors (Lipinski definition) is 6. The predicted octanol–water partition coefficient (Wildman–Crippen LogP) is 5.05. The van der Waals surface area contributed by atoms with Crippen LogP contribution in [0.25, 0.3) is 11.1 Å². The molecule has 4 atom stereocenters. The molecule has 14 heteroatoms. The molecule has 302 valence electrons. The van der Waals surface area contributed by atoms with Gasteiger partial charge in [0.25, 0.3) is 0 Å². The van der Waals surface area contributed by atoms with Gasteiger partial charge in [0, 0.05) is 50.6 Å². The van der Waals surface area contributed by atoms with Gasteiger partial charge >= 0.3 is 12.1 Å². The van der Waals surface area contributed by atoms with Crippen LogP contribution in [0.15, 0.2) is 109 Å². The average Bonchev–Trinajstić information content (AvgIpc) is 3.95. The van der Waals surface area contributed by atoms with Crippen molar-refractivity contribution in [3.8, 4) is 11.1 Å². The highest BCUT2D eigenvalue weighted by molar-refractivity contribution is 5.96. The second-order valence-corrected chi connectivity index (χ2v) is 14.4. The van der Waals surface area contributed by atoms with Crippen LogP contribution in [-0.4, -0.2) is 84.8 Å². The van der Waals surface area contributed by atoms with E-state index < -0.39 is 36.0 Å². The van der Waals surface area contributed by atoms with Gasteiger partial charge in [-0.15, -0.1) is 0 Å². The Morgan fingerprint density at radius 1 is 0.534 bits per heavy atom. The fourth-order valence-corrected chi connectivity index (χ4v) is 7.25. The molecular formula is C44H50N8O6. The topological polar surface area (TPSA) is 181 Å². The molecule has 0 unspecified atom stereocenters. The number of benzene rings is 4. The van der Waals surface area contributed by atoms with Gasteiger partial charge in [-0.2, -0.15) is 0 Å². The molecule has 4 aromatic carbocycles. The lowest BCUT2D eigenvalue weighted by Crippen LogP contribution is -2.45. The smallest absolute Gasteiger partial charge is 0.315 e. The number of carbonyl (C=O) groups excluding carboxylic acids is 6. The molecule has 0 aromatic heterocycles. The highest BCUT2D eigenvalue weighted by Gasteiger charge is 2.37. The number of urea groups is 2. The standard InChI is InChI=1S/C44H50N8O6/c1-3-45-43(57)49-37(31-11-7-5-8-12-31)41(55)51-25-23-33(27-51)39(53)47-35-19-15-29(16-20-35)30-17-21-36(22-18-30)48-40(54)34-24-26-52(28-34)42(56)38(50-44(58)46-4-2)32-13-9-6-10-14-32/h5-22,33-34,37-38H,3-4,23-28H2,1-2H3,(H,47,53)(H,48,54)(H2,45,49,57)(H2,46,50,58)/t33-,34+,37-,38+. The van der Waals surface area contributed by atoms with Gasteiger partial charge in [-0.05, 0) is 73.2 Å². The van der Waals surface area contributed by atoms with Gasteiger partial charge in [0.2, 0.25) is 23.6 Å². The number of rotatable bonds is 13. The van der Waals surface area contributed by atoms with Crippen molar-refractivity contribution in [1.29, 1.82) is 0 Å². The number of anilines is 2. The van der Waals surface area contributed by atoms with Crippen molar-refractivity contribution in [1.82, 2.24) is 31.1 Å². The van der Waals surface area contributed by atoms with Gasteiger partial charge in [0.15, 0.2) is 0 Å². The minimum absolute atomic E-state index is 0.183. The Bertz CT molecular complexity index is 1910. The van der Waals surface area contributed by atoms with Gasteiger partial charge in [-0.25, -0.2) is 9.59 Å². The molecule has 0 radical (unpaired) electrons. The summed E-state index contributed by atoms with van der Waals surface area (Å²) in [6.07, 6.45) is 1.01. The van der Waals surface area contributed by atoms with Crippen molar-refractivity contribution >= 4 is 47.1 Å². The van der Waals surface area contributed by atoms with Gasteiger partial charge in [-0.3, -0.25) is 19.2 Å². The summed E-state index contributed by atoms with van der Waals surface area (Å²) in [5.74, 6) is -1.69. The molecule has 0 aliphatic carbocycles. The molecule has 8 amide bonds. The number of nitrogens with zero attached hydrogens (tertiary/aromatic N) is 2. The van der Waals surface area contributed by atoms with Crippen molar-refractivity contribution in [2.24, 2.45) is 11.8 Å². The third-order valence-corrected chi connectivity index (χ3v) is 10.4. The maximum absolute atomic E-state index is 13.6. The van der Waals surface area contributed by atoms with Crippen LogP contribution in [0.2, 0.25) is 0 Å². The van der Waals surface area contributed by atoms with Crippen molar-refractivity contribution < 1.29 is 28.8 Å². The van der Waals surface area contributed by atoms with E-state index in [0.717, 1.165) is 11.1 Å². The number of likely N-dealkylation sites (tertiary alicyclic amines) is 2. The molecule has 0 spiro atoms. The first-order valence-electron chi connectivity index (χ1n) is 19.7. The Morgan fingerprint density at radius 2 is 0.897 bits per heavy atom. The summed E-state index contributed by atoms with van der Waals surface area (Å²) in [6.45, 7) is 5.74. The highest BCUT2D eigenvalue weighted by atomic mass is 16.2. The van der Waals surface area contributed by atoms with Gasteiger partial charge < -0.3 is 41.7 Å². The maximum Gasteiger partial charge on any atom is 0.315 e. The first-order valence-corrected chi connectivity index (χ1v) is 19.7. The summed E-state index contributed by atoms with van der Waals surface area (Å²) < 4.78 is 0. The van der Waals surface area contributed by atoms with Crippen LogP contribution >= 0.6 is 0 Å². The Hall–Kier alpha value is -6.70. The Kier molecular flexibility index (Phi) is 13.7. The summed E-state index contributed by atoms with van der Waals surface area (Å²) in [6, 6.07) is 30.4. The van der Waals surface area contributed by atoms with Crippen LogP contribution in [0.1, 0.15) is 49.9 Å². The van der Waals surface area contributed by atoms with Gasteiger partial charge in [0.05, 0.1) is 11.8 Å². The summed E-state index contributed by atoms with van der Waals surface area (Å²) in [7, 11) is 0. The van der Waals surface area contributed by atoms with Gasteiger partial charge in [0.1, 0.15) is 12.1 Å². The zero-order valence-corrected chi connectivity index (χ0v) is 32.7. The van der Waals surface area contributed by atoms with Gasteiger partial charge in [-0.1, -0.05) is 84.9 Å². The minimum atomic E-state index is -0.868. The molecule has 2 aliphatic rings. The van der Waals surface area contributed by atoms with Crippen LogP contribution in [0.5, 0.6) is 0 Å². The van der Waals surface area contributed by atoms with E-state index in [9.17, 15) is 28.8 Å². The number of hydrogen-bond donors (Lipinski definition) is 6. The summed E-state index contributed by atoms with van der Waals surface area (Å²) in [4.78, 5) is 81.6. The highest BCUT2D eigenvalue weighted by Crippen LogP contribution is 2.28. The molecule has 58 heavy (non-hydrogen) atoms.